The molecule has 3 rings (SSSR count). The molecule has 8 heteroatoms. The van der Waals surface area contributed by atoms with Crippen LogP contribution in [0, 0.1) is 0 Å². The van der Waals surface area contributed by atoms with Crippen molar-refractivity contribution < 1.29 is 28.3 Å². The molecule has 1 atom stereocenters. The predicted molar refractivity (Wildman–Crippen MR) is 135 cm³/mol. The Balaban J connectivity index is 1.83. The van der Waals surface area contributed by atoms with Gasteiger partial charge in [0.2, 0.25) is 0 Å². The lowest BCUT2D eigenvalue weighted by Gasteiger charge is -2.26. The molecule has 0 aliphatic carbocycles. The largest absolute Gasteiger partial charge is 0.480 e. The average Bonchev–Trinajstić information content (AvgIpc) is 2.85. The minimum Gasteiger partial charge on any atom is -0.480 e. The highest BCUT2D eigenvalue weighted by atomic mass is 31.2. The second kappa shape index (κ2) is 12.5. The summed E-state index contributed by atoms with van der Waals surface area (Å²) in [6.07, 6.45) is 0.0818. The molecule has 0 aromatic heterocycles. The number of carboxylic acids is 1. The molecule has 3 aromatic carbocycles. The van der Waals surface area contributed by atoms with Crippen LogP contribution >= 0.6 is 7.60 Å². The first-order chi connectivity index (χ1) is 16.9. The Morgan fingerprint density at radius 1 is 0.829 bits per heavy atom. The van der Waals surface area contributed by atoms with Gasteiger partial charge in [0.15, 0.2) is 0 Å². The van der Waals surface area contributed by atoms with Crippen LogP contribution in [0.2, 0.25) is 0 Å². The van der Waals surface area contributed by atoms with Crippen molar-refractivity contribution in [2.75, 3.05) is 13.2 Å². The van der Waals surface area contributed by atoms with Gasteiger partial charge in [0.25, 0.3) is 5.91 Å². The molecule has 184 valence electrons. The van der Waals surface area contributed by atoms with Gasteiger partial charge in [-0.2, -0.15) is 0 Å². The number of hydrogen-bond donors (Lipinski definition) is 2. The molecule has 35 heavy (non-hydrogen) atoms. The third-order valence-corrected chi connectivity index (χ3v) is 7.50. The molecule has 0 bridgehead atoms. The maximum atomic E-state index is 13.0. The summed E-state index contributed by atoms with van der Waals surface area (Å²) in [5, 5.41) is 12.8. The number of aliphatic carboxylic acids is 1. The lowest BCUT2D eigenvalue weighted by atomic mass is 9.85. The molecule has 7 nitrogen and oxygen atoms in total. The van der Waals surface area contributed by atoms with E-state index in [1.807, 2.05) is 60.7 Å². The molecule has 0 unspecified atom stereocenters. The van der Waals surface area contributed by atoms with Gasteiger partial charge in [-0.1, -0.05) is 72.8 Å². The number of carboxylic acid groups (broad SMARTS) is 1. The molecule has 0 aliphatic rings. The van der Waals surface area contributed by atoms with E-state index in [1.165, 1.54) is 0 Å². The number of nitrogens with one attached hydrogen (secondary N) is 1. The fourth-order valence-electron chi connectivity index (χ4n) is 3.92. The highest BCUT2D eigenvalue weighted by Crippen LogP contribution is 2.51. The van der Waals surface area contributed by atoms with E-state index in [2.05, 4.69) is 5.32 Å². The maximum Gasteiger partial charge on any atom is 0.335 e. The zero-order chi connectivity index (χ0) is 25.3. The molecular formula is C27H30NO6P. The van der Waals surface area contributed by atoms with Gasteiger partial charge in [0.1, 0.15) is 6.04 Å². The molecule has 0 fully saturated rings. The highest BCUT2D eigenvalue weighted by molar-refractivity contribution is 7.53. The van der Waals surface area contributed by atoms with Crippen LogP contribution in [0.15, 0.2) is 84.9 Å². The summed E-state index contributed by atoms with van der Waals surface area (Å²) in [6, 6.07) is 23.8. The summed E-state index contributed by atoms with van der Waals surface area (Å²) >= 11 is 0. The monoisotopic (exact) mass is 495 g/mol. The Morgan fingerprint density at radius 2 is 1.31 bits per heavy atom. The second-order valence-electron chi connectivity index (χ2n) is 7.89. The van der Waals surface area contributed by atoms with Crippen LogP contribution in [0.5, 0.6) is 0 Å². The van der Waals surface area contributed by atoms with E-state index in [9.17, 15) is 19.3 Å². The summed E-state index contributed by atoms with van der Waals surface area (Å²) in [4.78, 5) is 25.4. The Morgan fingerprint density at radius 3 is 1.74 bits per heavy atom. The topological polar surface area (TPSA) is 102 Å². The van der Waals surface area contributed by atoms with Gasteiger partial charge in [-0.15, -0.1) is 0 Å². The van der Waals surface area contributed by atoms with Crippen LogP contribution in [-0.4, -0.2) is 36.2 Å². The van der Waals surface area contributed by atoms with Crippen molar-refractivity contribution in [1.82, 2.24) is 5.32 Å². The third-order valence-electron chi connectivity index (χ3n) is 5.45. The van der Waals surface area contributed by atoms with Crippen molar-refractivity contribution in [1.29, 1.82) is 0 Å². The van der Waals surface area contributed by atoms with E-state index in [0.29, 0.717) is 11.1 Å². The van der Waals surface area contributed by atoms with Crippen LogP contribution in [0.4, 0.5) is 0 Å². The first kappa shape index (κ1) is 26.4. The number of rotatable bonds is 12. The van der Waals surface area contributed by atoms with Gasteiger partial charge in [0.05, 0.1) is 19.4 Å². The summed E-state index contributed by atoms with van der Waals surface area (Å²) in [5.41, 5.74) is 2.55. The maximum absolute atomic E-state index is 13.0. The Labute approximate surface area is 205 Å². The fourth-order valence-corrected chi connectivity index (χ4v) is 5.62. The van der Waals surface area contributed by atoms with Gasteiger partial charge in [-0.3, -0.25) is 9.36 Å². The van der Waals surface area contributed by atoms with E-state index in [-0.39, 0.29) is 19.4 Å². The molecular weight excluding hydrogens is 465 g/mol. The summed E-state index contributed by atoms with van der Waals surface area (Å²) in [5.74, 6) is -2.23. The number of carbonyl (C=O) groups excluding carboxylic acids is 1. The van der Waals surface area contributed by atoms with Crippen molar-refractivity contribution >= 4 is 19.5 Å². The molecule has 0 saturated heterocycles. The number of hydrogen-bond acceptors (Lipinski definition) is 5. The average molecular weight is 496 g/mol. The smallest absolute Gasteiger partial charge is 0.335 e. The highest BCUT2D eigenvalue weighted by Gasteiger charge is 2.32. The molecule has 3 aromatic rings. The standard InChI is InChI=1S/C27H30NO6P/c1-3-33-35(32,34-4-2)19-20-15-17-23(18-16-20)26(29)28-25(27(30)31)24(21-11-7-5-8-12-21)22-13-9-6-10-14-22/h5-18,24-25H,3-4,19H2,1-2H3,(H,28,29)(H,30,31)/t25-/m0/s1. The van der Waals surface area contributed by atoms with E-state index < -0.39 is 31.4 Å². The zero-order valence-electron chi connectivity index (χ0n) is 19.8. The number of carbonyl (C=O) groups is 2. The minimum atomic E-state index is -3.28. The minimum absolute atomic E-state index is 0.0818. The summed E-state index contributed by atoms with van der Waals surface area (Å²) in [6.45, 7) is 4.02. The fraction of sp³-hybridized carbons (Fsp3) is 0.259. The van der Waals surface area contributed by atoms with E-state index >= 15 is 0 Å². The van der Waals surface area contributed by atoms with Crippen molar-refractivity contribution in [3.8, 4) is 0 Å². The van der Waals surface area contributed by atoms with Crippen molar-refractivity contribution in [3.05, 3.63) is 107 Å². The van der Waals surface area contributed by atoms with Gasteiger partial charge < -0.3 is 19.5 Å². The molecule has 0 heterocycles. The van der Waals surface area contributed by atoms with Crippen LogP contribution in [0.1, 0.15) is 46.8 Å². The predicted octanol–water partition coefficient (Wildman–Crippen LogP) is 5.47. The van der Waals surface area contributed by atoms with Crippen LogP contribution in [0.25, 0.3) is 0 Å². The Kier molecular flexibility index (Phi) is 9.38. The molecule has 0 spiro atoms. The summed E-state index contributed by atoms with van der Waals surface area (Å²) < 4.78 is 23.4. The number of amides is 1. The third kappa shape index (κ3) is 7.12. The van der Waals surface area contributed by atoms with Crippen molar-refractivity contribution in [2.24, 2.45) is 0 Å². The quantitative estimate of drug-likeness (QED) is 0.323. The Hall–Kier alpha value is -3.25. The van der Waals surface area contributed by atoms with Crippen molar-refractivity contribution in [3.63, 3.8) is 0 Å². The van der Waals surface area contributed by atoms with Crippen LogP contribution < -0.4 is 5.32 Å². The molecule has 2 N–H and O–H groups in total. The van der Waals surface area contributed by atoms with Crippen LogP contribution in [-0.2, 0) is 24.6 Å². The van der Waals surface area contributed by atoms with Crippen molar-refractivity contribution in [2.45, 2.75) is 32.0 Å². The molecule has 0 radical (unpaired) electrons. The summed E-state index contributed by atoms with van der Waals surface area (Å²) in [7, 11) is -3.28. The SMILES string of the molecule is CCOP(=O)(Cc1ccc(C(=O)N[C@H](C(=O)O)C(c2ccccc2)c2ccccc2)cc1)OCC. The zero-order valence-corrected chi connectivity index (χ0v) is 20.7. The van der Waals surface area contributed by atoms with Gasteiger partial charge >= 0.3 is 13.6 Å². The van der Waals surface area contributed by atoms with E-state index in [0.717, 1.165) is 11.1 Å². The van der Waals surface area contributed by atoms with Gasteiger partial charge in [-0.25, -0.2) is 4.79 Å². The van der Waals surface area contributed by atoms with E-state index in [1.54, 1.807) is 38.1 Å². The van der Waals surface area contributed by atoms with E-state index in [4.69, 9.17) is 9.05 Å². The van der Waals surface area contributed by atoms with Gasteiger partial charge in [0, 0.05) is 11.5 Å². The number of benzene rings is 3. The molecule has 0 aliphatic heterocycles. The van der Waals surface area contributed by atoms with Crippen LogP contribution in [0.3, 0.4) is 0 Å². The molecule has 0 saturated carbocycles. The lowest BCUT2D eigenvalue weighted by Crippen LogP contribution is -2.45. The molecule has 1 amide bonds. The lowest BCUT2D eigenvalue weighted by molar-refractivity contribution is -0.139. The Bertz CT molecular complexity index is 1100. The first-order valence-electron chi connectivity index (χ1n) is 11.5. The van der Waals surface area contributed by atoms with Gasteiger partial charge in [-0.05, 0) is 42.7 Å². The first-order valence-corrected chi connectivity index (χ1v) is 13.2. The second-order valence-corrected chi connectivity index (χ2v) is 9.94. The normalized spacial score (nSPS) is 12.3.